The van der Waals surface area contributed by atoms with Crippen molar-refractivity contribution in [3.05, 3.63) is 29.3 Å². The molecule has 1 saturated carbocycles. The van der Waals surface area contributed by atoms with Crippen LogP contribution in [0.1, 0.15) is 49.8 Å². The fourth-order valence-corrected chi connectivity index (χ4v) is 3.27. The molecular formula is C17H24F3NO. The first-order valence-electron chi connectivity index (χ1n) is 7.78. The molecule has 0 radical (unpaired) electrons. The Morgan fingerprint density at radius 1 is 1.27 bits per heavy atom. The number of aryl methyl sites for hydroxylation is 1. The van der Waals surface area contributed by atoms with Crippen molar-refractivity contribution in [3.8, 4) is 5.75 Å². The lowest BCUT2D eigenvalue weighted by atomic mass is 9.84. The summed E-state index contributed by atoms with van der Waals surface area (Å²) in [5.41, 5.74) is 2.11. The van der Waals surface area contributed by atoms with Crippen LogP contribution in [-0.2, 0) is 0 Å². The number of ether oxygens (including phenoxy) is 1. The second kappa shape index (κ2) is 6.90. The molecule has 0 amide bonds. The van der Waals surface area contributed by atoms with E-state index in [1.165, 1.54) is 0 Å². The van der Waals surface area contributed by atoms with Crippen LogP contribution in [0.25, 0.3) is 0 Å². The van der Waals surface area contributed by atoms with E-state index in [9.17, 15) is 13.2 Å². The van der Waals surface area contributed by atoms with Gasteiger partial charge in [-0.1, -0.05) is 24.1 Å². The van der Waals surface area contributed by atoms with Crippen LogP contribution in [-0.4, -0.2) is 19.3 Å². The number of hydrogen-bond acceptors (Lipinski definition) is 2. The Bertz CT molecular complexity index is 501. The van der Waals surface area contributed by atoms with Gasteiger partial charge in [-0.05, 0) is 39.2 Å². The fraction of sp³-hybridized carbons (Fsp3) is 0.647. The van der Waals surface area contributed by atoms with Crippen molar-refractivity contribution in [2.45, 2.75) is 57.8 Å². The third-order valence-electron chi connectivity index (χ3n) is 4.47. The maximum absolute atomic E-state index is 12.9. The van der Waals surface area contributed by atoms with E-state index in [0.29, 0.717) is 6.42 Å². The predicted octanol–water partition coefficient (Wildman–Crippen LogP) is 4.78. The SMILES string of the molecule is COc1ccc(C)cc1C(C)NC1CCCC(C(F)(F)F)C1. The van der Waals surface area contributed by atoms with Gasteiger partial charge in [-0.15, -0.1) is 0 Å². The minimum atomic E-state index is -4.08. The van der Waals surface area contributed by atoms with Crippen molar-refractivity contribution in [3.63, 3.8) is 0 Å². The van der Waals surface area contributed by atoms with Gasteiger partial charge in [-0.2, -0.15) is 13.2 Å². The van der Waals surface area contributed by atoms with E-state index in [1.807, 2.05) is 32.0 Å². The first kappa shape index (κ1) is 17.1. The molecule has 1 N–H and O–H groups in total. The lowest BCUT2D eigenvalue weighted by molar-refractivity contribution is -0.183. The summed E-state index contributed by atoms with van der Waals surface area (Å²) in [6.45, 7) is 3.98. The van der Waals surface area contributed by atoms with Crippen molar-refractivity contribution in [2.75, 3.05) is 7.11 Å². The molecule has 3 unspecified atom stereocenters. The van der Waals surface area contributed by atoms with E-state index in [0.717, 1.165) is 23.3 Å². The summed E-state index contributed by atoms with van der Waals surface area (Å²) in [5, 5.41) is 3.36. The molecule has 0 bridgehead atoms. The van der Waals surface area contributed by atoms with Gasteiger partial charge >= 0.3 is 6.18 Å². The van der Waals surface area contributed by atoms with Gasteiger partial charge in [0.15, 0.2) is 0 Å². The molecule has 0 aliphatic heterocycles. The second-order valence-electron chi connectivity index (χ2n) is 6.24. The minimum absolute atomic E-state index is 0.0353. The van der Waals surface area contributed by atoms with Crippen LogP contribution < -0.4 is 10.1 Å². The Morgan fingerprint density at radius 3 is 2.64 bits per heavy atom. The van der Waals surface area contributed by atoms with Gasteiger partial charge < -0.3 is 10.1 Å². The topological polar surface area (TPSA) is 21.3 Å². The van der Waals surface area contributed by atoms with E-state index in [2.05, 4.69) is 5.32 Å². The summed E-state index contributed by atoms with van der Waals surface area (Å²) in [4.78, 5) is 0. The molecule has 0 saturated heterocycles. The third kappa shape index (κ3) is 4.15. The first-order chi connectivity index (χ1) is 10.3. The smallest absolute Gasteiger partial charge is 0.391 e. The number of rotatable bonds is 4. The second-order valence-corrected chi connectivity index (χ2v) is 6.24. The minimum Gasteiger partial charge on any atom is -0.496 e. The number of benzene rings is 1. The molecule has 5 heteroatoms. The summed E-state index contributed by atoms with van der Waals surface area (Å²) in [6, 6.07) is 5.77. The molecular weight excluding hydrogens is 291 g/mol. The number of hydrogen-bond donors (Lipinski definition) is 1. The van der Waals surface area contributed by atoms with Crippen LogP contribution in [0.2, 0.25) is 0 Å². The lowest BCUT2D eigenvalue weighted by Crippen LogP contribution is -2.39. The summed E-state index contributed by atoms with van der Waals surface area (Å²) < 4.78 is 44.1. The number of nitrogens with one attached hydrogen (secondary N) is 1. The van der Waals surface area contributed by atoms with Gasteiger partial charge in [0, 0.05) is 17.6 Å². The Kier molecular flexibility index (Phi) is 5.37. The fourth-order valence-electron chi connectivity index (χ4n) is 3.27. The molecule has 2 rings (SSSR count). The van der Waals surface area contributed by atoms with E-state index in [4.69, 9.17) is 4.74 Å². The molecule has 1 aromatic rings. The number of halogens is 3. The number of methoxy groups -OCH3 is 1. The van der Waals surface area contributed by atoms with Crippen LogP contribution in [0.3, 0.4) is 0 Å². The summed E-state index contributed by atoms with van der Waals surface area (Å²) in [5.74, 6) is -0.404. The average Bonchev–Trinajstić information content (AvgIpc) is 2.46. The molecule has 124 valence electrons. The lowest BCUT2D eigenvalue weighted by Gasteiger charge is -2.33. The Balaban J connectivity index is 2.05. The first-order valence-corrected chi connectivity index (χ1v) is 7.78. The maximum Gasteiger partial charge on any atom is 0.391 e. The predicted molar refractivity (Wildman–Crippen MR) is 81.1 cm³/mol. The highest BCUT2D eigenvalue weighted by molar-refractivity contribution is 5.38. The molecule has 1 aliphatic carbocycles. The largest absolute Gasteiger partial charge is 0.496 e. The highest BCUT2D eigenvalue weighted by atomic mass is 19.4. The van der Waals surface area contributed by atoms with E-state index < -0.39 is 12.1 Å². The quantitative estimate of drug-likeness (QED) is 0.863. The Hall–Kier alpha value is -1.23. The van der Waals surface area contributed by atoms with Crippen molar-refractivity contribution < 1.29 is 17.9 Å². The number of alkyl halides is 3. The van der Waals surface area contributed by atoms with Gasteiger partial charge in [-0.3, -0.25) is 0 Å². The zero-order chi connectivity index (χ0) is 16.3. The maximum atomic E-state index is 12.9. The molecule has 0 spiro atoms. The Labute approximate surface area is 130 Å². The standard InChI is InChI=1S/C17H24F3NO/c1-11-7-8-16(22-3)15(9-11)12(2)21-14-6-4-5-13(10-14)17(18,19)20/h7-9,12-14,21H,4-6,10H2,1-3H3. The van der Waals surface area contributed by atoms with Gasteiger partial charge in [0.1, 0.15) is 5.75 Å². The van der Waals surface area contributed by atoms with Crippen LogP contribution >= 0.6 is 0 Å². The van der Waals surface area contributed by atoms with Crippen molar-refractivity contribution in [1.29, 1.82) is 0 Å². The summed E-state index contributed by atoms with van der Waals surface area (Å²) in [6.07, 6.45) is -2.24. The van der Waals surface area contributed by atoms with Gasteiger partial charge in [-0.25, -0.2) is 0 Å². The van der Waals surface area contributed by atoms with E-state index in [-0.39, 0.29) is 24.9 Å². The average molecular weight is 315 g/mol. The molecule has 0 heterocycles. The molecule has 2 nitrogen and oxygen atoms in total. The zero-order valence-corrected chi connectivity index (χ0v) is 13.3. The highest BCUT2D eigenvalue weighted by Gasteiger charge is 2.42. The van der Waals surface area contributed by atoms with Crippen LogP contribution in [0, 0.1) is 12.8 Å². The highest BCUT2D eigenvalue weighted by Crippen LogP contribution is 2.38. The molecule has 0 aromatic heterocycles. The monoisotopic (exact) mass is 315 g/mol. The molecule has 22 heavy (non-hydrogen) atoms. The molecule has 3 atom stereocenters. The van der Waals surface area contributed by atoms with E-state index >= 15 is 0 Å². The molecule has 1 aliphatic rings. The molecule has 1 fully saturated rings. The van der Waals surface area contributed by atoms with Crippen LogP contribution in [0.15, 0.2) is 18.2 Å². The van der Waals surface area contributed by atoms with Crippen LogP contribution in [0.4, 0.5) is 13.2 Å². The van der Waals surface area contributed by atoms with E-state index in [1.54, 1.807) is 7.11 Å². The van der Waals surface area contributed by atoms with Gasteiger partial charge in [0.05, 0.1) is 13.0 Å². The normalized spacial score (nSPS) is 24.1. The van der Waals surface area contributed by atoms with Crippen molar-refractivity contribution in [1.82, 2.24) is 5.32 Å². The van der Waals surface area contributed by atoms with Crippen molar-refractivity contribution in [2.24, 2.45) is 5.92 Å². The van der Waals surface area contributed by atoms with Gasteiger partial charge in [0.25, 0.3) is 0 Å². The van der Waals surface area contributed by atoms with Gasteiger partial charge in [0.2, 0.25) is 0 Å². The molecule has 1 aromatic carbocycles. The summed E-state index contributed by atoms with van der Waals surface area (Å²) >= 11 is 0. The van der Waals surface area contributed by atoms with Crippen LogP contribution in [0.5, 0.6) is 5.75 Å². The Morgan fingerprint density at radius 2 is 2.00 bits per heavy atom. The summed E-state index contributed by atoms with van der Waals surface area (Å²) in [7, 11) is 1.61. The zero-order valence-electron chi connectivity index (χ0n) is 13.3. The van der Waals surface area contributed by atoms with Crippen molar-refractivity contribution >= 4 is 0 Å². The third-order valence-corrected chi connectivity index (χ3v) is 4.47.